The molecule has 0 saturated carbocycles. The van der Waals surface area contributed by atoms with Gasteiger partial charge in [-0.05, 0) is 40.7 Å². The molecule has 0 heterocycles. The van der Waals surface area contributed by atoms with E-state index in [1.165, 1.54) is 0 Å². The second kappa shape index (κ2) is 8.48. The number of nitrogens with one attached hydrogen (secondary N) is 2. The Morgan fingerprint density at radius 3 is 2.44 bits per heavy atom. The maximum atomic E-state index is 11.7. The van der Waals surface area contributed by atoms with Crippen LogP contribution in [0.3, 0.4) is 0 Å². The van der Waals surface area contributed by atoms with Gasteiger partial charge in [-0.25, -0.2) is 0 Å². The third-order valence-corrected chi connectivity index (χ3v) is 3.63. The van der Waals surface area contributed by atoms with Gasteiger partial charge >= 0.3 is 0 Å². The molecular weight excluding hydrogens is 226 g/mol. The molecule has 0 aliphatic heterocycles. The van der Waals surface area contributed by atoms with E-state index in [1.807, 2.05) is 13.8 Å². The normalized spacial score (nSPS) is 13.7. The van der Waals surface area contributed by atoms with Crippen LogP contribution in [-0.2, 0) is 4.79 Å². The molecule has 0 aromatic heterocycles. The van der Waals surface area contributed by atoms with Crippen molar-refractivity contribution in [1.29, 1.82) is 0 Å². The zero-order chi connectivity index (χ0) is 14.2. The summed E-state index contributed by atoms with van der Waals surface area (Å²) < 4.78 is 0. The maximum Gasteiger partial charge on any atom is 0.234 e. The van der Waals surface area contributed by atoms with E-state index in [0.717, 1.165) is 25.9 Å². The van der Waals surface area contributed by atoms with Crippen LogP contribution < -0.4 is 10.6 Å². The summed E-state index contributed by atoms with van der Waals surface area (Å²) >= 11 is 0. The van der Waals surface area contributed by atoms with Gasteiger partial charge in [0.1, 0.15) is 0 Å². The first-order valence-electron chi connectivity index (χ1n) is 7.04. The van der Waals surface area contributed by atoms with Gasteiger partial charge in [0.2, 0.25) is 5.91 Å². The van der Waals surface area contributed by atoms with Gasteiger partial charge in [-0.15, -0.1) is 0 Å². The lowest BCUT2D eigenvalue weighted by atomic mass is 10.0. The minimum absolute atomic E-state index is 0.0769. The van der Waals surface area contributed by atoms with Crippen LogP contribution in [0.15, 0.2) is 0 Å². The van der Waals surface area contributed by atoms with Crippen molar-refractivity contribution in [1.82, 2.24) is 15.5 Å². The summed E-state index contributed by atoms with van der Waals surface area (Å²) in [6, 6.07) is 0.597. The fraction of sp³-hybridized carbons (Fsp3) is 0.929. The summed E-state index contributed by atoms with van der Waals surface area (Å²) in [6.07, 6.45) is 2.09. The lowest BCUT2D eigenvalue weighted by Gasteiger charge is -2.25. The SMILES string of the molecule is CCC(C)N(C)CCNCC(=O)NC(C)(C)CC. The van der Waals surface area contributed by atoms with Gasteiger partial charge in [0.15, 0.2) is 0 Å². The highest BCUT2D eigenvalue weighted by Crippen LogP contribution is 2.05. The minimum Gasteiger partial charge on any atom is -0.350 e. The molecule has 0 saturated heterocycles. The summed E-state index contributed by atoms with van der Waals surface area (Å²) in [6.45, 7) is 12.8. The lowest BCUT2D eigenvalue weighted by Crippen LogP contribution is -2.47. The molecule has 4 heteroatoms. The highest BCUT2D eigenvalue weighted by atomic mass is 16.2. The number of carbonyl (C=O) groups excluding carboxylic acids is 1. The summed E-state index contributed by atoms with van der Waals surface area (Å²) in [5, 5.41) is 6.20. The summed E-state index contributed by atoms with van der Waals surface area (Å²) in [5.74, 6) is 0.0769. The predicted molar refractivity (Wildman–Crippen MR) is 77.8 cm³/mol. The Labute approximate surface area is 113 Å². The van der Waals surface area contributed by atoms with Gasteiger partial charge in [0.25, 0.3) is 0 Å². The van der Waals surface area contributed by atoms with Crippen LogP contribution in [0.2, 0.25) is 0 Å². The first kappa shape index (κ1) is 17.4. The largest absolute Gasteiger partial charge is 0.350 e. The van der Waals surface area contributed by atoms with Crippen LogP contribution in [0, 0.1) is 0 Å². The van der Waals surface area contributed by atoms with E-state index in [1.54, 1.807) is 0 Å². The molecule has 2 N–H and O–H groups in total. The van der Waals surface area contributed by atoms with E-state index < -0.39 is 0 Å². The molecule has 0 aromatic rings. The standard InChI is InChI=1S/C14H31N3O/c1-7-12(3)17(6)10-9-15-11-13(18)16-14(4,5)8-2/h12,15H,7-11H2,1-6H3,(H,16,18). The van der Waals surface area contributed by atoms with Gasteiger partial charge < -0.3 is 15.5 Å². The molecule has 0 fully saturated rings. The number of hydrogen-bond acceptors (Lipinski definition) is 3. The number of hydrogen-bond donors (Lipinski definition) is 2. The van der Waals surface area contributed by atoms with Crippen molar-refractivity contribution in [2.75, 3.05) is 26.7 Å². The van der Waals surface area contributed by atoms with Crippen molar-refractivity contribution >= 4 is 5.91 Å². The highest BCUT2D eigenvalue weighted by molar-refractivity contribution is 5.78. The van der Waals surface area contributed by atoms with Crippen LogP contribution in [0.25, 0.3) is 0 Å². The van der Waals surface area contributed by atoms with Crippen LogP contribution in [0.5, 0.6) is 0 Å². The Bertz CT molecular complexity index is 241. The van der Waals surface area contributed by atoms with Gasteiger partial charge in [-0.2, -0.15) is 0 Å². The lowest BCUT2D eigenvalue weighted by molar-refractivity contribution is -0.121. The van der Waals surface area contributed by atoms with Crippen molar-refractivity contribution in [3.63, 3.8) is 0 Å². The van der Waals surface area contributed by atoms with Crippen LogP contribution in [0.1, 0.15) is 47.5 Å². The monoisotopic (exact) mass is 257 g/mol. The Morgan fingerprint density at radius 1 is 1.33 bits per heavy atom. The number of nitrogens with zero attached hydrogens (tertiary/aromatic N) is 1. The van der Waals surface area contributed by atoms with E-state index in [0.29, 0.717) is 12.6 Å². The molecule has 0 aliphatic carbocycles. The number of amides is 1. The molecule has 4 nitrogen and oxygen atoms in total. The molecule has 1 unspecified atom stereocenters. The molecule has 0 aromatic carbocycles. The van der Waals surface area contributed by atoms with Crippen LogP contribution in [-0.4, -0.2) is 49.1 Å². The molecule has 0 rings (SSSR count). The van der Waals surface area contributed by atoms with E-state index in [9.17, 15) is 4.79 Å². The van der Waals surface area contributed by atoms with E-state index >= 15 is 0 Å². The average molecular weight is 257 g/mol. The predicted octanol–water partition coefficient (Wildman–Crippen LogP) is 1.61. The Morgan fingerprint density at radius 2 is 1.94 bits per heavy atom. The molecule has 1 amide bonds. The number of carbonyl (C=O) groups is 1. The average Bonchev–Trinajstić information content (AvgIpc) is 2.32. The van der Waals surface area contributed by atoms with Crippen molar-refractivity contribution in [3.8, 4) is 0 Å². The number of likely N-dealkylation sites (N-methyl/N-ethyl adjacent to an activating group) is 1. The van der Waals surface area contributed by atoms with Crippen LogP contribution in [0.4, 0.5) is 0 Å². The zero-order valence-electron chi connectivity index (χ0n) is 13.0. The van der Waals surface area contributed by atoms with Crippen molar-refractivity contribution in [3.05, 3.63) is 0 Å². The molecule has 0 aliphatic rings. The molecule has 0 spiro atoms. The first-order chi connectivity index (χ1) is 8.32. The van der Waals surface area contributed by atoms with Gasteiger partial charge in [0.05, 0.1) is 6.54 Å². The topological polar surface area (TPSA) is 44.4 Å². The third kappa shape index (κ3) is 7.67. The fourth-order valence-corrected chi connectivity index (χ4v) is 1.50. The van der Waals surface area contributed by atoms with Gasteiger partial charge in [-0.1, -0.05) is 13.8 Å². The van der Waals surface area contributed by atoms with Crippen molar-refractivity contribution in [2.24, 2.45) is 0 Å². The third-order valence-electron chi connectivity index (χ3n) is 3.63. The van der Waals surface area contributed by atoms with Gasteiger partial charge in [-0.3, -0.25) is 4.79 Å². The zero-order valence-corrected chi connectivity index (χ0v) is 13.0. The quantitative estimate of drug-likeness (QED) is 0.617. The molecule has 108 valence electrons. The Balaban J connectivity index is 3.70. The minimum atomic E-state index is -0.105. The molecular formula is C14H31N3O. The molecule has 0 bridgehead atoms. The Kier molecular flexibility index (Phi) is 8.20. The Hall–Kier alpha value is -0.610. The molecule has 0 radical (unpaired) electrons. The van der Waals surface area contributed by atoms with E-state index in [2.05, 4.69) is 43.4 Å². The highest BCUT2D eigenvalue weighted by Gasteiger charge is 2.17. The first-order valence-corrected chi connectivity index (χ1v) is 7.04. The summed E-state index contributed by atoms with van der Waals surface area (Å²) in [5.41, 5.74) is -0.105. The van der Waals surface area contributed by atoms with E-state index in [4.69, 9.17) is 0 Å². The maximum absolute atomic E-state index is 11.7. The second-order valence-corrected chi connectivity index (χ2v) is 5.70. The van der Waals surface area contributed by atoms with Crippen LogP contribution >= 0.6 is 0 Å². The molecule has 1 atom stereocenters. The van der Waals surface area contributed by atoms with Crippen molar-refractivity contribution < 1.29 is 4.79 Å². The smallest absolute Gasteiger partial charge is 0.234 e. The van der Waals surface area contributed by atoms with Gasteiger partial charge in [0, 0.05) is 24.7 Å². The fourth-order valence-electron chi connectivity index (χ4n) is 1.50. The summed E-state index contributed by atoms with van der Waals surface area (Å²) in [4.78, 5) is 14.0. The summed E-state index contributed by atoms with van der Waals surface area (Å²) in [7, 11) is 2.12. The van der Waals surface area contributed by atoms with E-state index in [-0.39, 0.29) is 11.4 Å². The molecule has 18 heavy (non-hydrogen) atoms. The second-order valence-electron chi connectivity index (χ2n) is 5.70. The number of rotatable bonds is 9. The van der Waals surface area contributed by atoms with Crippen molar-refractivity contribution in [2.45, 2.75) is 59.0 Å².